The number of nitrogens with one attached hydrogen (secondary N) is 2. The fraction of sp³-hybridized carbons (Fsp3) is 0.450. The van der Waals surface area contributed by atoms with Gasteiger partial charge in [0.25, 0.3) is 0 Å². The zero-order chi connectivity index (χ0) is 19.9. The van der Waals surface area contributed by atoms with Gasteiger partial charge in [-0.05, 0) is 43.2 Å². The molecular weight excluding hydrogens is 547 g/mol. The number of aliphatic imine (C=N–C) groups is 1. The Balaban J connectivity index is 0.00000300. The van der Waals surface area contributed by atoms with Crippen LogP contribution >= 0.6 is 39.9 Å². The highest BCUT2D eigenvalue weighted by molar-refractivity contribution is 14.0. The van der Waals surface area contributed by atoms with E-state index in [9.17, 15) is 4.79 Å². The molecule has 1 aromatic carbocycles. The van der Waals surface area contributed by atoms with Gasteiger partial charge in [-0.15, -0.1) is 24.0 Å². The number of benzene rings is 1. The predicted octanol–water partition coefficient (Wildman–Crippen LogP) is 3.58. The van der Waals surface area contributed by atoms with Crippen molar-refractivity contribution in [2.24, 2.45) is 12.0 Å². The number of likely N-dealkylation sites (tertiary alicyclic amines) is 1. The van der Waals surface area contributed by atoms with Crippen molar-refractivity contribution in [3.63, 3.8) is 0 Å². The number of carbonyl (C=O) groups is 1. The van der Waals surface area contributed by atoms with Gasteiger partial charge in [0.05, 0.1) is 12.7 Å². The van der Waals surface area contributed by atoms with Crippen LogP contribution in [0.15, 0.2) is 46.1 Å². The molecule has 1 unspecified atom stereocenters. The minimum absolute atomic E-state index is 0. The van der Waals surface area contributed by atoms with Gasteiger partial charge in [-0.1, -0.05) is 15.9 Å². The lowest BCUT2D eigenvalue weighted by molar-refractivity contribution is -0.116. The van der Waals surface area contributed by atoms with E-state index in [1.165, 1.54) is 5.56 Å². The van der Waals surface area contributed by atoms with Gasteiger partial charge in [-0.2, -0.15) is 5.10 Å². The lowest BCUT2D eigenvalue weighted by Crippen LogP contribution is -2.40. The predicted molar refractivity (Wildman–Crippen MR) is 131 cm³/mol. The summed E-state index contributed by atoms with van der Waals surface area (Å²) in [6.07, 6.45) is 5.47. The molecule has 1 saturated heterocycles. The topological polar surface area (TPSA) is 74.6 Å². The molecule has 1 fully saturated rings. The molecule has 7 nitrogen and oxygen atoms in total. The molecule has 3 rings (SSSR count). The summed E-state index contributed by atoms with van der Waals surface area (Å²) in [4.78, 5) is 19.1. The van der Waals surface area contributed by atoms with Gasteiger partial charge in [-0.3, -0.25) is 14.5 Å². The molecule has 29 heavy (non-hydrogen) atoms. The molecule has 158 valence electrons. The fourth-order valence-electron chi connectivity index (χ4n) is 3.32. The molecule has 1 aliphatic rings. The number of anilines is 1. The van der Waals surface area contributed by atoms with Crippen molar-refractivity contribution in [1.29, 1.82) is 0 Å². The van der Waals surface area contributed by atoms with Crippen molar-refractivity contribution in [3.05, 3.63) is 46.7 Å². The largest absolute Gasteiger partial charge is 0.357 e. The summed E-state index contributed by atoms with van der Waals surface area (Å²) >= 11 is 3.39. The lowest BCUT2D eigenvalue weighted by atomic mass is 10.0. The van der Waals surface area contributed by atoms with Crippen molar-refractivity contribution in [3.8, 4) is 0 Å². The van der Waals surface area contributed by atoms with Crippen LogP contribution in [0.4, 0.5) is 5.69 Å². The van der Waals surface area contributed by atoms with Gasteiger partial charge in [0.1, 0.15) is 0 Å². The number of hydrogen-bond donors (Lipinski definition) is 2. The number of guanidine groups is 1. The second kappa shape index (κ2) is 11.5. The molecule has 2 aromatic rings. The number of nitrogens with zero attached hydrogens (tertiary/aromatic N) is 4. The van der Waals surface area contributed by atoms with Gasteiger partial charge in [0.15, 0.2) is 5.96 Å². The second-order valence-corrected chi connectivity index (χ2v) is 7.84. The van der Waals surface area contributed by atoms with Crippen LogP contribution in [-0.2, 0) is 11.8 Å². The maximum Gasteiger partial charge on any atom is 0.226 e. The Bertz CT molecular complexity index is 823. The zero-order valence-electron chi connectivity index (χ0n) is 16.8. The van der Waals surface area contributed by atoms with Crippen LogP contribution in [0.25, 0.3) is 0 Å². The number of halogens is 2. The Hall–Kier alpha value is -1.62. The van der Waals surface area contributed by atoms with Crippen LogP contribution in [0.1, 0.15) is 31.2 Å². The van der Waals surface area contributed by atoms with E-state index in [0.717, 1.165) is 42.2 Å². The zero-order valence-corrected chi connectivity index (χ0v) is 20.7. The summed E-state index contributed by atoms with van der Waals surface area (Å²) in [6.45, 7) is 5.19. The number of carbonyl (C=O) groups excluding carboxylic acids is 1. The smallest absolute Gasteiger partial charge is 0.226 e. The van der Waals surface area contributed by atoms with Crippen molar-refractivity contribution in [1.82, 2.24) is 20.0 Å². The third-order valence-electron chi connectivity index (χ3n) is 4.75. The quantitative estimate of drug-likeness (QED) is 0.314. The molecule has 1 aliphatic heterocycles. The first-order valence-electron chi connectivity index (χ1n) is 9.62. The molecule has 2 heterocycles. The van der Waals surface area contributed by atoms with E-state index in [4.69, 9.17) is 0 Å². The van der Waals surface area contributed by atoms with Crippen LogP contribution < -0.4 is 10.6 Å². The number of rotatable bonds is 6. The number of aromatic nitrogens is 2. The molecular formula is C20H28BrIN6O. The van der Waals surface area contributed by atoms with Crippen LogP contribution in [0.5, 0.6) is 0 Å². The van der Waals surface area contributed by atoms with Crippen LogP contribution in [-0.4, -0.2) is 52.7 Å². The first-order valence-corrected chi connectivity index (χ1v) is 10.4. The molecule has 0 spiro atoms. The molecule has 2 N–H and O–H groups in total. The Morgan fingerprint density at radius 2 is 2.10 bits per heavy atom. The van der Waals surface area contributed by atoms with Crippen LogP contribution in [0, 0.1) is 0 Å². The van der Waals surface area contributed by atoms with E-state index in [0.29, 0.717) is 18.9 Å². The summed E-state index contributed by atoms with van der Waals surface area (Å²) in [5, 5.41) is 10.5. The van der Waals surface area contributed by atoms with E-state index in [1.54, 1.807) is 0 Å². The summed E-state index contributed by atoms with van der Waals surface area (Å²) in [7, 11) is 1.95. The Labute approximate surface area is 197 Å². The van der Waals surface area contributed by atoms with Gasteiger partial charge >= 0.3 is 0 Å². The molecule has 1 amide bonds. The van der Waals surface area contributed by atoms with Gasteiger partial charge in [-0.25, -0.2) is 0 Å². The molecule has 0 radical (unpaired) electrons. The Morgan fingerprint density at radius 3 is 2.76 bits per heavy atom. The van der Waals surface area contributed by atoms with Gasteiger partial charge < -0.3 is 15.5 Å². The van der Waals surface area contributed by atoms with Crippen molar-refractivity contribution in [2.75, 3.05) is 31.5 Å². The van der Waals surface area contributed by atoms with E-state index in [2.05, 4.69) is 54.7 Å². The van der Waals surface area contributed by atoms with Crippen LogP contribution in [0.2, 0.25) is 0 Å². The first-order chi connectivity index (χ1) is 13.5. The standard InChI is InChI=1S/C20H27BrN6O.HI/c1-3-22-20(27-11-9-15(14-27)16-12-24-26(2)13-16)23-10-8-19(28)25-18-6-4-17(21)5-7-18;/h4-7,12-13,15H,3,8-11,14H2,1-2H3,(H,22,23)(H,25,28);1H. The van der Waals surface area contributed by atoms with Crippen molar-refractivity contribution in [2.45, 2.75) is 25.7 Å². The van der Waals surface area contributed by atoms with E-state index >= 15 is 0 Å². The molecule has 0 aliphatic carbocycles. The molecule has 9 heteroatoms. The summed E-state index contributed by atoms with van der Waals surface area (Å²) in [5.74, 6) is 1.32. The average Bonchev–Trinajstić information content (AvgIpc) is 3.32. The van der Waals surface area contributed by atoms with E-state index in [1.807, 2.05) is 42.2 Å². The number of aryl methyl sites for hydroxylation is 1. The highest BCUT2D eigenvalue weighted by atomic mass is 127. The maximum atomic E-state index is 12.2. The highest BCUT2D eigenvalue weighted by Gasteiger charge is 2.26. The molecule has 0 saturated carbocycles. The summed E-state index contributed by atoms with van der Waals surface area (Å²) in [5.41, 5.74) is 2.07. The summed E-state index contributed by atoms with van der Waals surface area (Å²) in [6, 6.07) is 7.56. The fourth-order valence-corrected chi connectivity index (χ4v) is 3.59. The van der Waals surface area contributed by atoms with Crippen molar-refractivity contribution < 1.29 is 4.79 Å². The SMILES string of the molecule is CCNC(=NCCC(=O)Nc1ccc(Br)cc1)N1CCC(c2cnn(C)c2)C1.I. The van der Waals surface area contributed by atoms with Gasteiger partial charge in [0.2, 0.25) is 5.91 Å². The van der Waals surface area contributed by atoms with Gasteiger partial charge in [0, 0.05) is 55.4 Å². The first kappa shape index (κ1) is 23.7. The third-order valence-corrected chi connectivity index (χ3v) is 5.28. The monoisotopic (exact) mass is 574 g/mol. The second-order valence-electron chi connectivity index (χ2n) is 6.92. The van der Waals surface area contributed by atoms with E-state index in [-0.39, 0.29) is 29.9 Å². The third kappa shape index (κ3) is 6.98. The normalized spacial score (nSPS) is 16.4. The molecule has 0 bridgehead atoms. The average molecular weight is 575 g/mol. The van der Waals surface area contributed by atoms with Crippen LogP contribution in [0.3, 0.4) is 0 Å². The minimum Gasteiger partial charge on any atom is -0.357 e. The van der Waals surface area contributed by atoms with Crippen molar-refractivity contribution >= 4 is 57.5 Å². The maximum absolute atomic E-state index is 12.2. The molecule has 1 atom stereocenters. The lowest BCUT2D eigenvalue weighted by Gasteiger charge is -2.21. The number of hydrogen-bond acceptors (Lipinski definition) is 3. The summed E-state index contributed by atoms with van der Waals surface area (Å²) < 4.78 is 2.84. The minimum atomic E-state index is -0.0309. The Kier molecular flexibility index (Phi) is 9.41. The van der Waals surface area contributed by atoms with E-state index < -0.39 is 0 Å². The highest BCUT2D eigenvalue weighted by Crippen LogP contribution is 2.26. The Morgan fingerprint density at radius 1 is 1.34 bits per heavy atom. The number of amides is 1. The molecule has 1 aromatic heterocycles.